The quantitative estimate of drug-likeness (QED) is 0.789. The summed E-state index contributed by atoms with van der Waals surface area (Å²) in [4.78, 5) is 9.95. The van der Waals surface area contributed by atoms with Gasteiger partial charge in [-0.05, 0) is 51.8 Å². The van der Waals surface area contributed by atoms with Crippen molar-refractivity contribution in [3.8, 4) is 0 Å². The van der Waals surface area contributed by atoms with Crippen LogP contribution in [0.4, 0.5) is 0 Å². The van der Waals surface area contributed by atoms with E-state index in [9.17, 15) is 0 Å². The number of fused-ring (bicyclic) bond motifs is 1. The van der Waals surface area contributed by atoms with Crippen molar-refractivity contribution >= 4 is 22.6 Å². The molecule has 2 N–H and O–H groups in total. The van der Waals surface area contributed by atoms with E-state index < -0.39 is 0 Å². The fourth-order valence-electron chi connectivity index (χ4n) is 1.85. The second kappa shape index (κ2) is 6.18. The molecule has 0 amide bonds. The predicted molar refractivity (Wildman–Crippen MR) is 76.0 cm³/mol. The number of hydrogen-bond donors (Lipinski definition) is 2. The van der Waals surface area contributed by atoms with E-state index in [0.717, 1.165) is 47.9 Å². The molecule has 18 heavy (non-hydrogen) atoms. The number of aromatic nitrogens is 2. The molecule has 0 bridgehead atoms. The molecule has 2 aromatic rings. The third kappa shape index (κ3) is 3.70. The molecule has 0 radical (unpaired) electrons. The van der Waals surface area contributed by atoms with Crippen LogP contribution in [0.2, 0.25) is 5.02 Å². The zero-order valence-electron chi connectivity index (χ0n) is 10.8. The Kier molecular flexibility index (Phi) is 4.58. The predicted octanol–water partition coefficient (Wildman–Crippen LogP) is 2.26. The average Bonchev–Trinajstić information content (AvgIpc) is 2.70. The van der Waals surface area contributed by atoms with E-state index in [-0.39, 0.29) is 0 Å². The molecule has 0 aliphatic heterocycles. The van der Waals surface area contributed by atoms with Crippen molar-refractivity contribution in [3.05, 3.63) is 29.0 Å². The number of imidazole rings is 1. The van der Waals surface area contributed by atoms with Gasteiger partial charge in [-0.25, -0.2) is 4.98 Å². The normalized spacial score (nSPS) is 11.6. The first kappa shape index (κ1) is 13.3. The van der Waals surface area contributed by atoms with E-state index in [1.807, 2.05) is 18.2 Å². The molecular weight excluding hydrogens is 248 g/mol. The van der Waals surface area contributed by atoms with Gasteiger partial charge in [-0.15, -0.1) is 0 Å². The summed E-state index contributed by atoms with van der Waals surface area (Å²) < 4.78 is 0. The van der Waals surface area contributed by atoms with E-state index in [0.29, 0.717) is 0 Å². The summed E-state index contributed by atoms with van der Waals surface area (Å²) in [5.74, 6) is 0.956. The highest BCUT2D eigenvalue weighted by Gasteiger charge is 2.02. The molecule has 0 aliphatic carbocycles. The van der Waals surface area contributed by atoms with Gasteiger partial charge < -0.3 is 15.2 Å². The van der Waals surface area contributed by atoms with Crippen LogP contribution in [0.5, 0.6) is 0 Å². The van der Waals surface area contributed by atoms with E-state index >= 15 is 0 Å². The summed E-state index contributed by atoms with van der Waals surface area (Å²) in [7, 11) is 4.17. The number of H-pyrrole nitrogens is 1. The first-order chi connectivity index (χ1) is 8.65. The Morgan fingerprint density at radius 3 is 3.00 bits per heavy atom. The molecule has 0 saturated heterocycles. The summed E-state index contributed by atoms with van der Waals surface area (Å²) in [5, 5.41) is 4.11. The molecule has 0 spiro atoms. The van der Waals surface area contributed by atoms with Crippen LogP contribution in [-0.4, -0.2) is 42.1 Å². The minimum absolute atomic E-state index is 0.733. The SMILES string of the molecule is CN(C)CCCNCc1nc2ccc(Cl)cc2[nH]1. The van der Waals surface area contributed by atoms with Crippen molar-refractivity contribution in [2.75, 3.05) is 27.2 Å². The Hall–Kier alpha value is -1.10. The van der Waals surface area contributed by atoms with Crippen LogP contribution >= 0.6 is 11.6 Å². The standard InChI is InChI=1S/C13H19ClN4/c1-18(2)7-3-6-15-9-13-16-11-5-4-10(14)8-12(11)17-13/h4-5,8,15H,3,6-7,9H2,1-2H3,(H,16,17). The lowest BCUT2D eigenvalue weighted by atomic mass is 10.3. The lowest BCUT2D eigenvalue weighted by Crippen LogP contribution is -2.21. The van der Waals surface area contributed by atoms with Gasteiger partial charge in [-0.2, -0.15) is 0 Å². The van der Waals surface area contributed by atoms with Gasteiger partial charge in [0.1, 0.15) is 5.82 Å². The van der Waals surface area contributed by atoms with Crippen molar-refractivity contribution < 1.29 is 0 Å². The summed E-state index contributed by atoms with van der Waals surface area (Å²) in [6.45, 7) is 2.86. The maximum Gasteiger partial charge on any atom is 0.121 e. The first-order valence-corrected chi connectivity index (χ1v) is 6.52. The van der Waals surface area contributed by atoms with Gasteiger partial charge in [0.15, 0.2) is 0 Å². The maximum atomic E-state index is 5.94. The number of hydrogen-bond acceptors (Lipinski definition) is 3. The van der Waals surface area contributed by atoms with Gasteiger partial charge in [-0.1, -0.05) is 11.6 Å². The molecule has 0 unspecified atom stereocenters. The summed E-state index contributed by atoms with van der Waals surface area (Å²) in [5.41, 5.74) is 1.96. The zero-order valence-corrected chi connectivity index (χ0v) is 11.6. The number of nitrogens with zero attached hydrogens (tertiary/aromatic N) is 2. The molecule has 2 rings (SSSR count). The van der Waals surface area contributed by atoms with Crippen molar-refractivity contribution in [1.29, 1.82) is 0 Å². The lowest BCUT2D eigenvalue weighted by Gasteiger charge is -2.08. The smallest absolute Gasteiger partial charge is 0.121 e. The van der Waals surface area contributed by atoms with Gasteiger partial charge in [0.2, 0.25) is 0 Å². The molecule has 1 heterocycles. The largest absolute Gasteiger partial charge is 0.341 e. The molecule has 0 saturated carbocycles. The molecular formula is C13H19ClN4. The maximum absolute atomic E-state index is 5.94. The number of rotatable bonds is 6. The zero-order chi connectivity index (χ0) is 13.0. The van der Waals surface area contributed by atoms with Crippen LogP contribution in [0.25, 0.3) is 11.0 Å². The third-order valence-electron chi connectivity index (χ3n) is 2.74. The van der Waals surface area contributed by atoms with Crippen molar-refractivity contribution in [2.45, 2.75) is 13.0 Å². The average molecular weight is 267 g/mol. The first-order valence-electron chi connectivity index (χ1n) is 6.15. The summed E-state index contributed by atoms with van der Waals surface area (Å²) in [6.07, 6.45) is 1.14. The molecule has 0 aliphatic rings. The van der Waals surface area contributed by atoms with Crippen LogP contribution in [0, 0.1) is 0 Å². The number of aromatic amines is 1. The molecule has 0 fully saturated rings. The monoisotopic (exact) mass is 266 g/mol. The molecule has 1 aromatic heterocycles. The minimum atomic E-state index is 0.733. The van der Waals surface area contributed by atoms with Crippen molar-refractivity contribution in [2.24, 2.45) is 0 Å². The number of benzene rings is 1. The highest BCUT2D eigenvalue weighted by molar-refractivity contribution is 6.31. The number of nitrogens with one attached hydrogen (secondary N) is 2. The molecule has 98 valence electrons. The fourth-order valence-corrected chi connectivity index (χ4v) is 2.02. The van der Waals surface area contributed by atoms with Crippen LogP contribution in [0.3, 0.4) is 0 Å². The van der Waals surface area contributed by atoms with Crippen LogP contribution in [0.1, 0.15) is 12.2 Å². The van der Waals surface area contributed by atoms with Crippen LogP contribution in [0.15, 0.2) is 18.2 Å². The van der Waals surface area contributed by atoms with Crippen molar-refractivity contribution in [3.63, 3.8) is 0 Å². The second-order valence-corrected chi connectivity index (χ2v) is 5.12. The Balaban J connectivity index is 1.84. The lowest BCUT2D eigenvalue weighted by molar-refractivity contribution is 0.394. The van der Waals surface area contributed by atoms with Crippen LogP contribution < -0.4 is 5.32 Å². The molecule has 1 aromatic carbocycles. The minimum Gasteiger partial charge on any atom is -0.341 e. The van der Waals surface area contributed by atoms with Gasteiger partial charge in [0.05, 0.1) is 17.6 Å². The van der Waals surface area contributed by atoms with Gasteiger partial charge in [0, 0.05) is 5.02 Å². The third-order valence-corrected chi connectivity index (χ3v) is 2.98. The topological polar surface area (TPSA) is 44.0 Å². The van der Waals surface area contributed by atoms with E-state index in [4.69, 9.17) is 11.6 Å². The Labute approximate surface area is 112 Å². The van der Waals surface area contributed by atoms with Gasteiger partial charge >= 0.3 is 0 Å². The van der Waals surface area contributed by atoms with Crippen molar-refractivity contribution in [1.82, 2.24) is 20.2 Å². The second-order valence-electron chi connectivity index (χ2n) is 4.68. The van der Waals surface area contributed by atoms with E-state index in [1.165, 1.54) is 0 Å². The van der Waals surface area contributed by atoms with Gasteiger partial charge in [0.25, 0.3) is 0 Å². The Morgan fingerprint density at radius 2 is 2.22 bits per heavy atom. The number of halogens is 1. The highest BCUT2D eigenvalue weighted by atomic mass is 35.5. The summed E-state index contributed by atoms with van der Waals surface area (Å²) in [6, 6.07) is 5.70. The van der Waals surface area contributed by atoms with E-state index in [2.05, 4.69) is 34.3 Å². The van der Waals surface area contributed by atoms with Crippen LogP contribution in [-0.2, 0) is 6.54 Å². The summed E-state index contributed by atoms with van der Waals surface area (Å²) >= 11 is 5.94. The molecule has 5 heteroatoms. The van der Waals surface area contributed by atoms with E-state index in [1.54, 1.807) is 0 Å². The Bertz CT molecular complexity index is 507. The molecule has 0 atom stereocenters. The fraction of sp³-hybridized carbons (Fsp3) is 0.462. The van der Waals surface area contributed by atoms with Gasteiger partial charge in [-0.3, -0.25) is 0 Å². The molecule has 4 nitrogen and oxygen atoms in total. The Morgan fingerprint density at radius 1 is 1.39 bits per heavy atom. The highest BCUT2D eigenvalue weighted by Crippen LogP contribution is 2.16.